The first-order valence-electron chi connectivity index (χ1n) is 4.92. The summed E-state index contributed by atoms with van der Waals surface area (Å²) in [5.41, 5.74) is -0.0511. The molecule has 0 spiro atoms. The molecular formula is C11H10ClF3O2S. The van der Waals surface area contributed by atoms with Crippen LogP contribution in [0.2, 0.25) is 0 Å². The number of benzene rings is 1. The van der Waals surface area contributed by atoms with Gasteiger partial charge in [-0.2, -0.15) is 13.2 Å². The Kier molecular flexibility index (Phi) is 4.81. The molecule has 100 valence electrons. The Morgan fingerprint density at radius 3 is 2.11 bits per heavy atom. The Labute approximate surface area is 107 Å². The van der Waals surface area contributed by atoms with Crippen LogP contribution in [0.25, 0.3) is 0 Å². The van der Waals surface area contributed by atoms with Gasteiger partial charge in [0.1, 0.15) is 0 Å². The fraction of sp³-hybridized carbons (Fsp3) is 0.273. The minimum Gasteiger partial charge on any atom is -0.212 e. The smallest absolute Gasteiger partial charge is 0.212 e. The molecule has 2 nitrogen and oxygen atoms in total. The van der Waals surface area contributed by atoms with Gasteiger partial charge in [-0.05, 0) is 24.1 Å². The van der Waals surface area contributed by atoms with Gasteiger partial charge in [-0.25, -0.2) is 8.42 Å². The van der Waals surface area contributed by atoms with E-state index in [-0.39, 0.29) is 5.75 Å². The highest BCUT2D eigenvalue weighted by Crippen LogP contribution is 2.29. The van der Waals surface area contributed by atoms with E-state index in [9.17, 15) is 21.6 Å². The van der Waals surface area contributed by atoms with Crippen molar-refractivity contribution in [3.05, 3.63) is 47.5 Å². The van der Waals surface area contributed by atoms with Crippen LogP contribution in [-0.4, -0.2) is 14.2 Å². The average molecular weight is 299 g/mol. The fourth-order valence-electron chi connectivity index (χ4n) is 1.23. The molecule has 0 bridgehead atoms. The molecule has 1 rings (SSSR count). The lowest BCUT2D eigenvalue weighted by atomic mass is 10.1. The second kappa shape index (κ2) is 5.75. The summed E-state index contributed by atoms with van der Waals surface area (Å²) in [4.78, 5) is 0. The van der Waals surface area contributed by atoms with Gasteiger partial charge in [-0.3, -0.25) is 0 Å². The number of hydrogen-bond acceptors (Lipinski definition) is 2. The minimum atomic E-state index is -4.35. The van der Waals surface area contributed by atoms with Crippen molar-refractivity contribution in [2.45, 2.75) is 12.6 Å². The summed E-state index contributed by atoms with van der Waals surface area (Å²) in [6.45, 7) is 0. The van der Waals surface area contributed by atoms with Crippen molar-refractivity contribution >= 4 is 19.7 Å². The van der Waals surface area contributed by atoms with E-state index in [4.69, 9.17) is 10.7 Å². The van der Waals surface area contributed by atoms with Crippen LogP contribution in [0, 0.1) is 0 Å². The molecule has 0 unspecified atom stereocenters. The van der Waals surface area contributed by atoms with Gasteiger partial charge >= 0.3 is 6.18 Å². The molecule has 0 radical (unpaired) electrons. The van der Waals surface area contributed by atoms with Crippen molar-refractivity contribution in [3.8, 4) is 0 Å². The number of rotatable bonds is 4. The third-order valence-corrected chi connectivity index (χ3v) is 3.07. The van der Waals surface area contributed by atoms with E-state index in [0.717, 1.165) is 12.1 Å². The topological polar surface area (TPSA) is 34.1 Å². The van der Waals surface area contributed by atoms with Crippen molar-refractivity contribution in [2.75, 3.05) is 5.75 Å². The van der Waals surface area contributed by atoms with Crippen LogP contribution >= 0.6 is 10.7 Å². The summed E-state index contributed by atoms with van der Waals surface area (Å²) in [6, 6.07) is 4.67. The van der Waals surface area contributed by atoms with Crippen LogP contribution in [0.3, 0.4) is 0 Å². The Bertz CT molecular complexity index is 518. The van der Waals surface area contributed by atoms with Gasteiger partial charge in [0.2, 0.25) is 9.05 Å². The largest absolute Gasteiger partial charge is 0.416 e. The highest BCUT2D eigenvalue weighted by atomic mass is 35.7. The maximum Gasteiger partial charge on any atom is 0.416 e. The Hall–Kier alpha value is -1.01. The van der Waals surface area contributed by atoms with Crippen molar-refractivity contribution in [2.24, 2.45) is 0 Å². The van der Waals surface area contributed by atoms with E-state index in [1.54, 1.807) is 6.08 Å². The number of halogens is 4. The monoisotopic (exact) mass is 298 g/mol. The van der Waals surface area contributed by atoms with E-state index < -0.39 is 20.8 Å². The van der Waals surface area contributed by atoms with Crippen molar-refractivity contribution < 1.29 is 21.6 Å². The zero-order chi connectivity index (χ0) is 13.8. The lowest BCUT2D eigenvalue weighted by Gasteiger charge is -2.06. The SMILES string of the molecule is O=S(=O)(Cl)C/C=C\Cc1ccc(C(F)(F)F)cc1. The maximum atomic E-state index is 12.3. The van der Waals surface area contributed by atoms with Crippen LogP contribution in [0.5, 0.6) is 0 Å². The molecule has 0 atom stereocenters. The first-order valence-corrected chi connectivity index (χ1v) is 7.40. The molecule has 0 aliphatic carbocycles. The van der Waals surface area contributed by atoms with Crippen LogP contribution in [-0.2, 0) is 21.6 Å². The maximum absolute atomic E-state index is 12.3. The van der Waals surface area contributed by atoms with Gasteiger partial charge in [-0.1, -0.05) is 24.3 Å². The molecule has 18 heavy (non-hydrogen) atoms. The summed E-state index contributed by atoms with van der Waals surface area (Å²) < 4.78 is 58.0. The zero-order valence-electron chi connectivity index (χ0n) is 9.11. The first kappa shape index (κ1) is 15.0. The number of hydrogen-bond donors (Lipinski definition) is 0. The Morgan fingerprint density at radius 2 is 1.67 bits per heavy atom. The van der Waals surface area contributed by atoms with Crippen molar-refractivity contribution in [1.29, 1.82) is 0 Å². The quantitative estimate of drug-likeness (QED) is 0.631. The summed E-state index contributed by atoms with van der Waals surface area (Å²) in [5, 5.41) is 0. The van der Waals surface area contributed by atoms with Crippen LogP contribution in [0.4, 0.5) is 13.2 Å². The van der Waals surface area contributed by atoms with Gasteiger partial charge < -0.3 is 0 Å². The highest BCUT2D eigenvalue weighted by molar-refractivity contribution is 8.13. The van der Waals surface area contributed by atoms with Crippen LogP contribution in [0.15, 0.2) is 36.4 Å². The standard InChI is InChI=1S/C11H10ClF3O2S/c12-18(16,17)8-2-1-3-9-4-6-10(7-5-9)11(13,14)15/h1-2,4-7H,3,8H2/b2-1-. The predicted octanol–water partition coefficient (Wildman–Crippen LogP) is 3.37. The third-order valence-electron chi connectivity index (χ3n) is 2.10. The van der Waals surface area contributed by atoms with Crippen molar-refractivity contribution in [1.82, 2.24) is 0 Å². The molecule has 0 saturated carbocycles. The molecule has 7 heteroatoms. The lowest BCUT2D eigenvalue weighted by Crippen LogP contribution is -2.04. The first-order chi connectivity index (χ1) is 8.18. The van der Waals surface area contributed by atoms with Gasteiger partial charge in [0.05, 0.1) is 11.3 Å². The Morgan fingerprint density at radius 1 is 1.11 bits per heavy atom. The Balaban J connectivity index is 2.60. The van der Waals surface area contributed by atoms with E-state index in [2.05, 4.69) is 0 Å². The molecular weight excluding hydrogens is 289 g/mol. The van der Waals surface area contributed by atoms with Gasteiger partial charge in [0.25, 0.3) is 0 Å². The van der Waals surface area contributed by atoms with Crippen molar-refractivity contribution in [3.63, 3.8) is 0 Å². The average Bonchev–Trinajstić information content (AvgIpc) is 2.22. The second-order valence-corrected chi connectivity index (χ2v) is 6.40. The lowest BCUT2D eigenvalue weighted by molar-refractivity contribution is -0.137. The molecule has 0 saturated heterocycles. The molecule has 0 aliphatic rings. The van der Waals surface area contributed by atoms with Gasteiger partial charge in [0.15, 0.2) is 0 Å². The minimum absolute atomic E-state index is 0.296. The van der Waals surface area contributed by atoms with Gasteiger partial charge in [0, 0.05) is 10.7 Å². The van der Waals surface area contributed by atoms with E-state index >= 15 is 0 Å². The molecule has 0 amide bonds. The zero-order valence-corrected chi connectivity index (χ0v) is 10.7. The van der Waals surface area contributed by atoms with Gasteiger partial charge in [-0.15, -0.1) is 0 Å². The van der Waals surface area contributed by atoms with E-state index in [1.165, 1.54) is 18.2 Å². The molecule has 0 heterocycles. The molecule has 0 aromatic heterocycles. The molecule has 0 aliphatic heterocycles. The van der Waals surface area contributed by atoms with E-state index in [0.29, 0.717) is 12.0 Å². The molecule has 0 N–H and O–H groups in total. The summed E-state index contributed by atoms with van der Waals surface area (Å²) in [7, 11) is 1.41. The predicted molar refractivity (Wildman–Crippen MR) is 63.9 cm³/mol. The molecule has 1 aromatic carbocycles. The molecule has 0 fully saturated rings. The summed E-state index contributed by atoms with van der Waals surface area (Å²) in [5.74, 6) is -0.296. The highest BCUT2D eigenvalue weighted by Gasteiger charge is 2.29. The normalized spacial score (nSPS) is 13.1. The van der Waals surface area contributed by atoms with E-state index in [1.807, 2.05) is 0 Å². The fourth-order valence-corrected chi connectivity index (χ4v) is 1.82. The third kappa shape index (κ3) is 5.55. The number of alkyl halides is 3. The summed E-state index contributed by atoms with van der Waals surface area (Å²) >= 11 is 0. The van der Waals surface area contributed by atoms with Crippen LogP contribution in [0.1, 0.15) is 11.1 Å². The molecule has 1 aromatic rings. The van der Waals surface area contributed by atoms with Crippen LogP contribution < -0.4 is 0 Å². The number of allylic oxidation sites excluding steroid dienone is 1. The second-order valence-electron chi connectivity index (χ2n) is 3.58. The summed E-state index contributed by atoms with van der Waals surface area (Å²) in [6.07, 6.45) is -1.09.